The minimum absolute atomic E-state index is 0.206. The van der Waals surface area contributed by atoms with E-state index in [1.807, 2.05) is 0 Å². The van der Waals surface area contributed by atoms with E-state index in [0.29, 0.717) is 19.3 Å². The summed E-state index contributed by atoms with van der Waals surface area (Å²) in [7, 11) is 0. The number of hydrogen-bond acceptors (Lipinski definition) is 2. The van der Waals surface area contributed by atoms with E-state index in [4.69, 9.17) is 0 Å². The third kappa shape index (κ3) is 3.65. The van der Waals surface area contributed by atoms with Crippen LogP contribution in [0.5, 0.6) is 0 Å². The van der Waals surface area contributed by atoms with Gasteiger partial charge >= 0.3 is 6.18 Å². The maximum atomic E-state index is 12.1. The molecule has 0 saturated carbocycles. The average Bonchev–Trinajstić information content (AvgIpc) is 2.06. The summed E-state index contributed by atoms with van der Waals surface area (Å²) in [5.41, 5.74) is 0. The van der Waals surface area contributed by atoms with Gasteiger partial charge in [-0.1, -0.05) is 6.42 Å². The largest absolute Gasteiger partial charge is 0.401 e. The Labute approximate surface area is 81.1 Å². The van der Waals surface area contributed by atoms with Crippen molar-refractivity contribution in [3.63, 3.8) is 0 Å². The fourth-order valence-corrected chi connectivity index (χ4v) is 1.88. The third-order valence-corrected chi connectivity index (χ3v) is 2.50. The van der Waals surface area contributed by atoms with Crippen LogP contribution in [0.15, 0.2) is 0 Å². The monoisotopic (exact) mass is 209 g/mol. The predicted octanol–water partition coefficient (Wildman–Crippen LogP) is 1.99. The van der Waals surface area contributed by atoms with Crippen molar-refractivity contribution in [2.24, 2.45) is 0 Å². The molecular weight excluding hydrogens is 195 g/mol. The predicted molar refractivity (Wildman–Crippen MR) is 45.9 cm³/mol. The van der Waals surface area contributed by atoms with E-state index < -0.39 is 12.7 Å². The van der Waals surface area contributed by atoms with E-state index in [-0.39, 0.29) is 12.5 Å². The Kier molecular flexibility index (Phi) is 3.92. The minimum Gasteiger partial charge on any atom is -0.303 e. The number of rotatable bonds is 3. The Morgan fingerprint density at radius 3 is 2.64 bits per heavy atom. The first-order chi connectivity index (χ1) is 6.53. The van der Waals surface area contributed by atoms with Gasteiger partial charge in [0.25, 0.3) is 0 Å². The van der Waals surface area contributed by atoms with Gasteiger partial charge < -0.3 is 4.79 Å². The molecule has 1 heterocycles. The zero-order valence-electron chi connectivity index (χ0n) is 7.89. The van der Waals surface area contributed by atoms with Crippen molar-refractivity contribution in [1.29, 1.82) is 0 Å². The number of alkyl halides is 3. The second kappa shape index (κ2) is 4.77. The molecule has 1 aliphatic rings. The zero-order valence-corrected chi connectivity index (χ0v) is 7.89. The standard InChI is InChI=1S/C9H14F3NO/c10-9(11,12)7-13-5-2-1-3-8(13)4-6-14/h6,8H,1-5,7H2. The molecule has 82 valence electrons. The lowest BCUT2D eigenvalue weighted by Gasteiger charge is -2.35. The molecule has 0 spiro atoms. The van der Waals surface area contributed by atoms with Gasteiger partial charge in [-0.05, 0) is 19.4 Å². The summed E-state index contributed by atoms with van der Waals surface area (Å²) in [6.07, 6.45) is -0.805. The van der Waals surface area contributed by atoms with Gasteiger partial charge in [0.1, 0.15) is 6.29 Å². The maximum absolute atomic E-state index is 12.1. The zero-order chi connectivity index (χ0) is 10.6. The van der Waals surface area contributed by atoms with Gasteiger partial charge in [-0.25, -0.2) is 0 Å². The molecule has 14 heavy (non-hydrogen) atoms. The second-order valence-corrected chi connectivity index (χ2v) is 3.64. The number of aldehydes is 1. The van der Waals surface area contributed by atoms with Crippen LogP contribution in [0, 0.1) is 0 Å². The molecule has 0 amide bonds. The molecule has 2 nitrogen and oxygen atoms in total. The molecule has 0 aromatic carbocycles. The third-order valence-electron chi connectivity index (χ3n) is 2.50. The maximum Gasteiger partial charge on any atom is 0.401 e. The van der Waals surface area contributed by atoms with Crippen molar-refractivity contribution in [2.45, 2.75) is 37.9 Å². The van der Waals surface area contributed by atoms with Gasteiger partial charge in [0, 0.05) is 12.5 Å². The first-order valence-corrected chi connectivity index (χ1v) is 4.77. The summed E-state index contributed by atoms with van der Waals surface area (Å²) in [4.78, 5) is 11.6. The second-order valence-electron chi connectivity index (χ2n) is 3.64. The topological polar surface area (TPSA) is 20.3 Å². The smallest absolute Gasteiger partial charge is 0.303 e. The van der Waals surface area contributed by atoms with Crippen LogP contribution in [0.3, 0.4) is 0 Å². The van der Waals surface area contributed by atoms with E-state index >= 15 is 0 Å². The van der Waals surface area contributed by atoms with Crippen LogP contribution in [-0.4, -0.2) is 36.5 Å². The molecule has 1 aliphatic heterocycles. The van der Waals surface area contributed by atoms with Crippen molar-refractivity contribution in [2.75, 3.05) is 13.1 Å². The summed E-state index contributed by atoms with van der Waals surface area (Å²) < 4.78 is 36.4. The van der Waals surface area contributed by atoms with Crippen LogP contribution >= 0.6 is 0 Å². The average molecular weight is 209 g/mol. The van der Waals surface area contributed by atoms with Crippen LogP contribution in [-0.2, 0) is 4.79 Å². The molecule has 1 rings (SSSR count). The summed E-state index contributed by atoms with van der Waals surface area (Å²) in [5.74, 6) is 0. The van der Waals surface area contributed by atoms with Gasteiger partial charge in [-0.2, -0.15) is 13.2 Å². The highest BCUT2D eigenvalue weighted by Gasteiger charge is 2.34. The molecule has 1 fully saturated rings. The van der Waals surface area contributed by atoms with E-state index in [1.54, 1.807) is 0 Å². The first kappa shape index (κ1) is 11.5. The Balaban J connectivity index is 2.49. The molecule has 0 bridgehead atoms. The molecule has 0 aromatic rings. The molecule has 0 aliphatic carbocycles. The van der Waals surface area contributed by atoms with Crippen molar-refractivity contribution < 1.29 is 18.0 Å². The van der Waals surface area contributed by atoms with Gasteiger partial charge in [-0.3, -0.25) is 4.90 Å². The number of likely N-dealkylation sites (tertiary alicyclic amines) is 1. The van der Waals surface area contributed by atoms with Crippen LogP contribution < -0.4 is 0 Å². The number of carbonyl (C=O) groups is 1. The van der Waals surface area contributed by atoms with E-state index in [1.165, 1.54) is 4.90 Å². The molecule has 1 saturated heterocycles. The molecule has 5 heteroatoms. The highest BCUT2D eigenvalue weighted by atomic mass is 19.4. The van der Waals surface area contributed by atoms with Gasteiger partial charge in [0.2, 0.25) is 0 Å². The lowest BCUT2D eigenvalue weighted by atomic mass is 10.00. The number of piperidine rings is 1. The van der Waals surface area contributed by atoms with Crippen LogP contribution in [0.2, 0.25) is 0 Å². The fraction of sp³-hybridized carbons (Fsp3) is 0.889. The molecule has 1 atom stereocenters. The van der Waals surface area contributed by atoms with Crippen LogP contribution in [0.1, 0.15) is 25.7 Å². The van der Waals surface area contributed by atoms with E-state index in [9.17, 15) is 18.0 Å². The Morgan fingerprint density at radius 2 is 2.07 bits per heavy atom. The molecule has 1 unspecified atom stereocenters. The van der Waals surface area contributed by atoms with Gasteiger partial charge in [0.15, 0.2) is 0 Å². The number of halogens is 3. The Bertz CT molecular complexity index is 193. The van der Waals surface area contributed by atoms with Crippen molar-refractivity contribution in [3.8, 4) is 0 Å². The molecule has 0 aromatic heterocycles. The molecular formula is C9H14F3NO. The Hall–Kier alpha value is -0.580. The number of hydrogen-bond donors (Lipinski definition) is 0. The summed E-state index contributed by atoms with van der Waals surface area (Å²) >= 11 is 0. The fourth-order valence-electron chi connectivity index (χ4n) is 1.88. The van der Waals surface area contributed by atoms with Gasteiger partial charge in [-0.15, -0.1) is 0 Å². The molecule has 0 radical (unpaired) electrons. The minimum atomic E-state index is -4.15. The SMILES string of the molecule is O=CCC1CCCCN1CC(F)(F)F. The lowest BCUT2D eigenvalue weighted by molar-refractivity contribution is -0.154. The van der Waals surface area contributed by atoms with Crippen molar-refractivity contribution >= 4 is 6.29 Å². The normalized spacial score (nSPS) is 24.9. The van der Waals surface area contributed by atoms with Gasteiger partial charge in [0.05, 0.1) is 6.54 Å². The van der Waals surface area contributed by atoms with Crippen molar-refractivity contribution in [1.82, 2.24) is 4.90 Å². The summed E-state index contributed by atoms with van der Waals surface area (Å²) in [6, 6.07) is -0.206. The lowest BCUT2D eigenvalue weighted by Crippen LogP contribution is -2.44. The molecule has 0 N–H and O–H groups in total. The number of nitrogens with zero attached hydrogens (tertiary/aromatic N) is 1. The van der Waals surface area contributed by atoms with E-state index in [2.05, 4.69) is 0 Å². The van der Waals surface area contributed by atoms with Crippen LogP contribution in [0.4, 0.5) is 13.2 Å². The summed E-state index contributed by atoms with van der Waals surface area (Å²) in [5, 5.41) is 0. The van der Waals surface area contributed by atoms with Crippen molar-refractivity contribution in [3.05, 3.63) is 0 Å². The summed E-state index contributed by atoms with van der Waals surface area (Å²) in [6.45, 7) is -0.427. The number of carbonyl (C=O) groups excluding carboxylic acids is 1. The highest BCUT2D eigenvalue weighted by Crippen LogP contribution is 2.24. The highest BCUT2D eigenvalue weighted by molar-refractivity contribution is 5.50. The first-order valence-electron chi connectivity index (χ1n) is 4.77. The van der Waals surface area contributed by atoms with Crippen LogP contribution in [0.25, 0.3) is 0 Å². The van der Waals surface area contributed by atoms with E-state index in [0.717, 1.165) is 12.8 Å². The quantitative estimate of drug-likeness (QED) is 0.662. The Morgan fingerprint density at radius 1 is 1.36 bits per heavy atom.